The van der Waals surface area contributed by atoms with Crippen molar-refractivity contribution in [1.29, 1.82) is 0 Å². The number of carbonyl (C=O) groups is 1. The molecule has 22 heavy (non-hydrogen) atoms. The lowest BCUT2D eigenvalue weighted by Crippen LogP contribution is -2.09. The molecule has 2 aromatic carbocycles. The highest BCUT2D eigenvalue weighted by Crippen LogP contribution is 2.14. The Hall–Kier alpha value is -2.60. The Labute approximate surface area is 129 Å². The van der Waals surface area contributed by atoms with Crippen molar-refractivity contribution >= 4 is 27.8 Å². The number of carboxylic acids is 1. The smallest absolute Gasteiger partial charge is 0.335 e. The molecule has 0 bridgehead atoms. The molecule has 0 aliphatic heterocycles. The summed E-state index contributed by atoms with van der Waals surface area (Å²) in [6, 6.07) is 13.0. The maximum absolute atomic E-state index is 12.0. The van der Waals surface area contributed by atoms with Gasteiger partial charge in [-0.05, 0) is 36.8 Å². The molecule has 2 N–H and O–H groups in total. The maximum Gasteiger partial charge on any atom is 0.335 e. The van der Waals surface area contributed by atoms with E-state index in [1.165, 1.54) is 30.3 Å². The maximum atomic E-state index is 12.0. The van der Waals surface area contributed by atoms with Gasteiger partial charge in [-0.2, -0.15) is 0 Å². The van der Waals surface area contributed by atoms with Crippen LogP contribution >= 0.6 is 0 Å². The highest BCUT2D eigenvalue weighted by molar-refractivity contribution is 7.95. The van der Waals surface area contributed by atoms with Crippen LogP contribution in [0.3, 0.4) is 0 Å². The topological polar surface area (TPSA) is 83.5 Å². The average molecular weight is 317 g/mol. The highest BCUT2D eigenvalue weighted by Gasteiger charge is 2.08. The van der Waals surface area contributed by atoms with E-state index in [0.29, 0.717) is 0 Å². The molecule has 0 fully saturated rings. The second kappa shape index (κ2) is 6.44. The van der Waals surface area contributed by atoms with E-state index in [-0.39, 0.29) is 11.3 Å². The molecule has 0 amide bonds. The van der Waals surface area contributed by atoms with Crippen LogP contribution < -0.4 is 4.72 Å². The number of rotatable bonds is 5. The third-order valence-electron chi connectivity index (χ3n) is 2.89. The van der Waals surface area contributed by atoms with Crippen molar-refractivity contribution in [2.45, 2.75) is 6.92 Å². The molecule has 2 rings (SSSR count). The van der Waals surface area contributed by atoms with Crippen LogP contribution in [0.25, 0.3) is 6.08 Å². The Morgan fingerprint density at radius 1 is 1.14 bits per heavy atom. The van der Waals surface area contributed by atoms with E-state index >= 15 is 0 Å². The molecule has 0 aromatic heterocycles. The summed E-state index contributed by atoms with van der Waals surface area (Å²) in [5, 5.41) is 9.94. The summed E-state index contributed by atoms with van der Waals surface area (Å²) in [5.74, 6) is -1.11. The Kier molecular flexibility index (Phi) is 4.62. The normalized spacial score (nSPS) is 11.5. The summed E-state index contributed by atoms with van der Waals surface area (Å²) in [7, 11) is -3.71. The van der Waals surface area contributed by atoms with Gasteiger partial charge in [0, 0.05) is 5.69 Å². The first-order valence-electron chi connectivity index (χ1n) is 6.47. The van der Waals surface area contributed by atoms with Crippen molar-refractivity contribution in [3.05, 3.63) is 70.6 Å². The first kappa shape index (κ1) is 15.8. The molecule has 0 atom stereocenters. The third kappa shape index (κ3) is 4.46. The molecule has 0 saturated carbocycles. The number of anilines is 1. The number of aryl methyl sites for hydroxylation is 1. The fourth-order valence-corrected chi connectivity index (χ4v) is 2.62. The van der Waals surface area contributed by atoms with Crippen LogP contribution in [0.15, 0.2) is 53.9 Å². The molecule has 0 aliphatic rings. The molecule has 0 unspecified atom stereocenters. The lowest BCUT2D eigenvalue weighted by molar-refractivity contribution is 0.0697. The van der Waals surface area contributed by atoms with Gasteiger partial charge in [0.25, 0.3) is 10.0 Å². The lowest BCUT2D eigenvalue weighted by atomic mass is 10.2. The Morgan fingerprint density at radius 2 is 1.82 bits per heavy atom. The minimum absolute atomic E-state index is 0.0164. The van der Waals surface area contributed by atoms with Gasteiger partial charge < -0.3 is 5.11 Å². The number of sulfonamides is 1. The largest absolute Gasteiger partial charge is 0.478 e. The Morgan fingerprint density at radius 3 is 2.45 bits per heavy atom. The van der Waals surface area contributed by atoms with E-state index in [4.69, 9.17) is 5.11 Å². The van der Waals surface area contributed by atoms with Gasteiger partial charge in [0.1, 0.15) is 0 Å². The molecule has 2 aromatic rings. The highest BCUT2D eigenvalue weighted by atomic mass is 32.2. The molecular weight excluding hydrogens is 302 g/mol. The minimum atomic E-state index is -3.71. The summed E-state index contributed by atoms with van der Waals surface area (Å²) in [4.78, 5) is 10.9. The van der Waals surface area contributed by atoms with E-state index in [2.05, 4.69) is 4.72 Å². The second-order valence-corrected chi connectivity index (χ2v) is 6.31. The van der Waals surface area contributed by atoms with Gasteiger partial charge in [0.15, 0.2) is 0 Å². The zero-order chi connectivity index (χ0) is 16.2. The second-order valence-electron chi connectivity index (χ2n) is 4.75. The third-order valence-corrected chi connectivity index (χ3v) is 3.90. The SMILES string of the molecule is Cc1ccc(/C=C\S(=O)(=O)Nc2cccc(C(=O)O)c2)cc1. The van der Waals surface area contributed by atoms with Crippen LogP contribution in [0.2, 0.25) is 0 Å². The van der Waals surface area contributed by atoms with Crippen LogP contribution in [0, 0.1) is 6.92 Å². The van der Waals surface area contributed by atoms with Gasteiger partial charge in [0.05, 0.1) is 11.0 Å². The van der Waals surface area contributed by atoms with Crippen LogP contribution in [-0.2, 0) is 10.0 Å². The first-order chi connectivity index (χ1) is 10.4. The molecular formula is C16H15NO4S. The van der Waals surface area contributed by atoms with Crippen molar-refractivity contribution in [2.75, 3.05) is 4.72 Å². The molecule has 5 nitrogen and oxygen atoms in total. The predicted octanol–water partition coefficient (Wildman–Crippen LogP) is 3.11. The van der Waals surface area contributed by atoms with Gasteiger partial charge >= 0.3 is 5.97 Å². The Bertz CT molecular complexity index is 808. The molecule has 0 aliphatic carbocycles. The fraction of sp³-hybridized carbons (Fsp3) is 0.0625. The molecule has 0 radical (unpaired) electrons. The minimum Gasteiger partial charge on any atom is -0.478 e. The van der Waals surface area contributed by atoms with Crippen molar-refractivity contribution in [3.63, 3.8) is 0 Å². The summed E-state index contributed by atoms with van der Waals surface area (Å²) in [6.07, 6.45) is 1.48. The molecule has 0 heterocycles. The number of aromatic carboxylic acids is 1. The zero-order valence-electron chi connectivity index (χ0n) is 11.9. The van der Waals surface area contributed by atoms with Gasteiger partial charge in [0.2, 0.25) is 0 Å². The molecule has 6 heteroatoms. The zero-order valence-corrected chi connectivity index (χ0v) is 12.7. The predicted molar refractivity (Wildman–Crippen MR) is 86.2 cm³/mol. The monoisotopic (exact) mass is 317 g/mol. The van der Waals surface area contributed by atoms with Gasteiger partial charge in [-0.25, -0.2) is 13.2 Å². The van der Waals surface area contributed by atoms with Crippen LogP contribution in [0.5, 0.6) is 0 Å². The Balaban J connectivity index is 2.15. The van der Waals surface area contributed by atoms with E-state index < -0.39 is 16.0 Å². The fourth-order valence-electron chi connectivity index (χ4n) is 1.76. The van der Waals surface area contributed by atoms with Crippen molar-refractivity contribution in [2.24, 2.45) is 0 Å². The quantitative estimate of drug-likeness (QED) is 0.887. The van der Waals surface area contributed by atoms with Gasteiger partial charge in [-0.1, -0.05) is 35.9 Å². The number of hydrogen-bond acceptors (Lipinski definition) is 3. The van der Waals surface area contributed by atoms with Gasteiger partial charge in [-0.15, -0.1) is 0 Å². The van der Waals surface area contributed by atoms with E-state index in [0.717, 1.165) is 16.5 Å². The first-order valence-corrected chi connectivity index (χ1v) is 8.01. The van der Waals surface area contributed by atoms with Crippen LogP contribution in [-0.4, -0.2) is 19.5 Å². The molecule has 0 spiro atoms. The summed E-state index contributed by atoms with van der Waals surface area (Å²) in [5.41, 5.74) is 2.06. The standard InChI is InChI=1S/C16H15NO4S/c1-12-5-7-13(8-6-12)9-10-22(20,21)17-15-4-2-3-14(11-15)16(18)19/h2-11,17H,1H3,(H,18,19)/b10-9-. The van der Waals surface area contributed by atoms with Crippen molar-refractivity contribution in [1.82, 2.24) is 0 Å². The number of benzene rings is 2. The van der Waals surface area contributed by atoms with E-state index in [1.54, 1.807) is 0 Å². The number of carboxylic acid groups (broad SMARTS) is 1. The van der Waals surface area contributed by atoms with Crippen LogP contribution in [0.1, 0.15) is 21.5 Å². The summed E-state index contributed by atoms with van der Waals surface area (Å²) < 4.78 is 26.3. The summed E-state index contributed by atoms with van der Waals surface area (Å²) >= 11 is 0. The van der Waals surface area contributed by atoms with E-state index in [1.807, 2.05) is 31.2 Å². The van der Waals surface area contributed by atoms with Crippen molar-refractivity contribution < 1.29 is 18.3 Å². The lowest BCUT2D eigenvalue weighted by Gasteiger charge is -2.05. The number of hydrogen-bond donors (Lipinski definition) is 2. The summed E-state index contributed by atoms with van der Waals surface area (Å²) in [6.45, 7) is 1.95. The molecule has 114 valence electrons. The average Bonchev–Trinajstić information content (AvgIpc) is 2.46. The van der Waals surface area contributed by atoms with Crippen molar-refractivity contribution in [3.8, 4) is 0 Å². The van der Waals surface area contributed by atoms with Crippen LogP contribution in [0.4, 0.5) is 5.69 Å². The van der Waals surface area contributed by atoms with Gasteiger partial charge in [-0.3, -0.25) is 4.72 Å². The number of nitrogens with one attached hydrogen (secondary N) is 1. The molecule has 0 saturated heterocycles. The van der Waals surface area contributed by atoms with E-state index in [9.17, 15) is 13.2 Å².